The number of piperidine rings is 1. The van der Waals surface area contributed by atoms with Gasteiger partial charge in [-0.25, -0.2) is 15.0 Å². The van der Waals surface area contributed by atoms with E-state index in [-0.39, 0.29) is 17.6 Å². The monoisotopic (exact) mass is 441 g/mol. The molecular formula is C23H22F3N5O. The molecule has 0 bridgehead atoms. The number of aryl methyl sites for hydroxylation is 1. The molecule has 0 radical (unpaired) electrons. The molecule has 1 aromatic carbocycles. The maximum absolute atomic E-state index is 13.0. The largest absolute Gasteiger partial charge is 0.416 e. The Balaban J connectivity index is 1.53. The van der Waals surface area contributed by atoms with Crippen molar-refractivity contribution in [2.75, 3.05) is 18.4 Å². The standard InChI is InChI=1S/C23H22F3N5O/c1-15-28-19(13-21(29-15)30-20-12-18(9-10-27-20)23(24,25)26)17-8-5-11-31(14-17)22(32)16-6-3-2-4-7-16/h2-4,6-7,9-10,12-13,17H,5,8,11,14H2,1H3,(H,27,28,29,30). The Labute approximate surface area is 183 Å². The van der Waals surface area contributed by atoms with Crippen molar-refractivity contribution in [3.05, 3.63) is 77.4 Å². The van der Waals surface area contributed by atoms with Crippen LogP contribution in [-0.2, 0) is 6.18 Å². The quantitative estimate of drug-likeness (QED) is 0.620. The van der Waals surface area contributed by atoms with Gasteiger partial charge in [0.25, 0.3) is 5.91 Å². The molecule has 2 aromatic heterocycles. The third-order valence-corrected chi connectivity index (χ3v) is 5.35. The van der Waals surface area contributed by atoms with Crippen LogP contribution in [0.5, 0.6) is 0 Å². The van der Waals surface area contributed by atoms with Gasteiger partial charge in [0.1, 0.15) is 17.5 Å². The molecule has 0 aliphatic carbocycles. The van der Waals surface area contributed by atoms with Crippen LogP contribution in [0, 0.1) is 6.92 Å². The number of benzene rings is 1. The van der Waals surface area contributed by atoms with Crippen LogP contribution in [0.15, 0.2) is 54.7 Å². The van der Waals surface area contributed by atoms with Crippen LogP contribution < -0.4 is 5.32 Å². The van der Waals surface area contributed by atoms with E-state index >= 15 is 0 Å². The fraction of sp³-hybridized carbons (Fsp3) is 0.304. The first-order chi connectivity index (χ1) is 15.3. The van der Waals surface area contributed by atoms with Gasteiger partial charge in [-0.05, 0) is 44.0 Å². The second-order valence-corrected chi connectivity index (χ2v) is 7.73. The van der Waals surface area contributed by atoms with Crippen molar-refractivity contribution in [3.63, 3.8) is 0 Å². The summed E-state index contributed by atoms with van der Waals surface area (Å²) in [5, 5.41) is 2.85. The fourth-order valence-electron chi connectivity index (χ4n) is 3.84. The molecule has 0 saturated carbocycles. The highest BCUT2D eigenvalue weighted by Crippen LogP contribution is 2.31. The number of hydrogen-bond acceptors (Lipinski definition) is 5. The topological polar surface area (TPSA) is 71.0 Å². The van der Waals surface area contributed by atoms with Crippen LogP contribution in [0.1, 0.15) is 46.2 Å². The second kappa shape index (κ2) is 8.94. The Hall–Kier alpha value is -3.49. The minimum atomic E-state index is -4.46. The van der Waals surface area contributed by atoms with E-state index in [4.69, 9.17) is 0 Å². The molecule has 1 atom stereocenters. The Bertz CT molecular complexity index is 1100. The molecule has 32 heavy (non-hydrogen) atoms. The number of amides is 1. The summed E-state index contributed by atoms with van der Waals surface area (Å²) in [6.07, 6.45) is -1.65. The summed E-state index contributed by atoms with van der Waals surface area (Å²) in [5.74, 6) is 0.892. The summed E-state index contributed by atoms with van der Waals surface area (Å²) >= 11 is 0. The zero-order valence-corrected chi connectivity index (χ0v) is 17.4. The van der Waals surface area contributed by atoms with E-state index < -0.39 is 11.7 Å². The number of anilines is 2. The molecule has 0 spiro atoms. The van der Waals surface area contributed by atoms with Crippen molar-refractivity contribution in [1.82, 2.24) is 19.9 Å². The van der Waals surface area contributed by atoms with Crippen molar-refractivity contribution in [2.24, 2.45) is 0 Å². The summed E-state index contributed by atoms with van der Waals surface area (Å²) in [4.78, 5) is 27.5. The molecule has 1 fully saturated rings. The number of halogens is 3. The lowest BCUT2D eigenvalue weighted by atomic mass is 9.94. The SMILES string of the molecule is Cc1nc(Nc2cc(C(F)(F)F)ccn2)cc(C2CCCN(C(=O)c3ccccc3)C2)n1. The van der Waals surface area contributed by atoms with Gasteiger partial charge in [0.2, 0.25) is 0 Å². The predicted molar refractivity (Wildman–Crippen MR) is 114 cm³/mol. The predicted octanol–water partition coefficient (Wildman–Crippen LogP) is 4.96. The maximum Gasteiger partial charge on any atom is 0.416 e. The molecule has 166 valence electrons. The number of pyridine rings is 1. The van der Waals surface area contributed by atoms with Gasteiger partial charge >= 0.3 is 6.18 Å². The molecule has 1 unspecified atom stereocenters. The first-order valence-corrected chi connectivity index (χ1v) is 10.3. The molecule has 6 nitrogen and oxygen atoms in total. The number of carbonyl (C=O) groups excluding carboxylic acids is 1. The second-order valence-electron chi connectivity index (χ2n) is 7.73. The fourth-order valence-corrected chi connectivity index (χ4v) is 3.84. The highest BCUT2D eigenvalue weighted by molar-refractivity contribution is 5.94. The summed E-state index contributed by atoms with van der Waals surface area (Å²) in [6.45, 7) is 2.92. The van der Waals surface area contributed by atoms with E-state index in [9.17, 15) is 18.0 Å². The van der Waals surface area contributed by atoms with Gasteiger partial charge in [-0.2, -0.15) is 13.2 Å². The number of alkyl halides is 3. The van der Waals surface area contributed by atoms with Gasteiger partial charge in [-0.15, -0.1) is 0 Å². The molecule has 1 aliphatic heterocycles. The number of nitrogens with zero attached hydrogens (tertiary/aromatic N) is 4. The lowest BCUT2D eigenvalue weighted by Gasteiger charge is -2.32. The Morgan fingerprint density at radius 1 is 1.09 bits per heavy atom. The zero-order chi connectivity index (χ0) is 22.7. The number of rotatable bonds is 4. The first kappa shape index (κ1) is 21.7. The molecule has 1 N–H and O–H groups in total. The van der Waals surface area contributed by atoms with Crippen LogP contribution in [0.4, 0.5) is 24.8 Å². The van der Waals surface area contributed by atoms with E-state index in [2.05, 4.69) is 20.3 Å². The van der Waals surface area contributed by atoms with Crippen LogP contribution in [0.2, 0.25) is 0 Å². The molecule has 1 saturated heterocycles. The number of carbonyl (C=O) groups is 1. The normalized spacial score (nSPS) is 16.6. The summed E-state index contributed by atoms with van der Waals surface area (Å²) < 4.78 is 39.0. The smallest absolute Gasteiger partial charge is 0.338 e. The van der Waals surface area contributed by atoms with Gasteiger partial charge in [0.05, 0.1) is 11.3 Å². The van der Waals surface area contributed by atoms with Crippen LogP contribution >= 0.6 is 0 Å². The van der Waals surface area contributed by atoms with Crippen molar-refractivity contribution in [1.29, 1.82) is 0 Å². The Morgan fingerprint density at radius 3 is 2.62 bits per heavy atom. The van der Waals surface area contributed by atoms with Crippen molar-refractivity contribution in [3.8, 4) is 0 Å². The molecule has 9 heteroatoms. The molecule has 3 heterocycles. The molecular weight excluding hydrogens is 419 g/mol. The van der Waals surface area contributed by atoms with Gasteiger partial charge in [0.15, 0.2) is 0 Å². The third-order valence-electron chi connectivity index (χ3n) is 5.35. The maximum atomic E-state index is 13.0. The highest BCUT2D eigenvalue weighted by Gasteiger charge is 2.31. The van der Waals surface area contributed by atoms with E-state index in [0.717, 1.165) is 36.9 Å². The number of nitrogens with one attached hydrogen (secondary N) is 1. The minimum Gasteiger partial charge on any atom is -0.338 e. The number of hydrogen-bond donors (Lipinski definition) is 1. The first-order valence-electron chi connectivity index (χ1n) is 10.3. The van der Waals surface area contributed by atoms with Gasteiger partial charge in [-0.1, -0.05) is 18.2 Å². The Morgan fingerprint density at radius 2 is 1.88 bits per heavy atom. The van der Waals surface area contributed by atoms with E-state index in [1.807, 2.05) is 23.1 Å². The van der Waals surface area contributed by atoms with Gasteiger partial charge in [0, 0.05) is 36.8 Å². The number of likely N-dealkylation sites (tertiary alicyclic amines) is 1. The molecule has 1 amide bonds. The van der Waals surface area contributed by atoms with Crippen LogP contribution in [0.25, 0.3) is 0 Å². The highest BCUT2D eigenvalue weighted by atomic mass is 19.4. The van der Waals surface area contributed by atoms with E-state index in [1.165, 1.54) is 0 Å². The number of aromatic nitrogens is 3. The van der Waals surface area contributed by atoms with E-state index in [1.54, 1.807) is 25.1 Å². The van der Waals surface area contributed by atoms with Crippen LogP contribution in [0.3, 0.4) is 0 Å². The minimum absolute atomic E-state index is 0.00753. The Kier molecular flexibility index (Phi) is 6.07. The lowest BCUT2D eigenvalue weighted by Crippen LogP contribution is -2.39. The summed E-state index contributed by atoms with van der Waals surface area (Å²) in [5.41, 5.74) is 0.603. The van der Waals surface area contributed by atoms with Gasteiger partial charge in [-0.3, -0.25) is 4.79 Å². The average molecular weight is 441 g/mol. The van der Waals surface area contributed by atoms with Crippen molar-refractivity contribution < 1.29 is 18.0 Å². The van der Waals surface area contributed by atoms with Crippen molar-refractivity contribution in [2.45, 2.75) is 31.9 Å². The van der Waals surface area contributed by atoms with E-state index in [0.29, 0.717) is 30.3 Å². The molecule has 1 aliphatic rings. The summed E-state index contributed by atoms with van der Waals surface area (Å²) in [6, 6.07) is 12.7. The van der Waals surface area contributed by atoms with Crippen LogP contribution in [-0.4, -0.2) is 38.8 Å². The summed E-state index contributed by atoms with van der Waals surface area (Å²) in [7, 11) is 0. The lowest BCUT2D eigenvalue weighted by molar-refractivity contribution is -0.137. The molecule has 4 rings (SSSR count). The average Bonchev–Trinajstić information content (AvgIpc) is 2.78. The van der Waals surface area contributed by atoms with Crippen molar-refractivity contribution >= 4 is 17.5 Å². The zero-order valence-electron chi connectivity index (χ0n) is 17.4. The van der Waals surface area contributed by atoms with Gasteiger partial charge < -0.3 is 10.2 Å². The third kappa shape index (κ3) is 5.04. The molecule has 3 aromatic rings.